The zero-order valence-electron chi connectivity index (χ0n) is 13.1. The van der Waals surface area contributed by atoms with Gasteiger partial charge in [-0.2, -0.15) is 13.2 Å². The second-order valence-corrected chi connectivity index (χ2v) is 5.64. The standard InChI is InChI=1S/C17H9F4N3O2/c1-24-14-13(23-16(24)17(19,20)21)10(18)5-9-11(25)6-12(26-15(9)14)8-3-2-4-22-7-8/h2-7H,1H3. The Bertz CT molecular complexity index is 1210. The van der Waals surface area contributed by atoms with E-state index < -0.39 is 28.8 Å². The molecule has 26 heavy (non-hydrogen) atoms. The van der Waals surface area contributed by atoms with Crippen LogP contribution in [0.3, 0.4) is 0 Å². The topological polar surface area (TPSA) is 60.9 Å². The molecular weight excluding hydrogens is 354 g/mol. The van der Waals surface area contributed by atoms with E-state index >= 15 is 0 Å². The van der Waals surface area contributed by atoms with E-state index in [1.807, 2.05) is 0 Å². The Labute approximate surface area is 142 Å². The predicted molar refractivity (Wildman–Crippen MR) is 84.9 cm³/mol. The van der Waals surface area contributed by atoms with Gasteiger partial charge in [0.25, 0.3) is 0 Å². The highest BCUT2D eigenvalue weighted by Crippen LogP contribution is 2.35. The number of hydrogen-bond donors (Lipinski definition) is 0. The normalized spacial score (nSPS) is 12.2. The quantitative estimate of drug-likeness (QED) is 0.481. The lowest BCUT2D eigenvalue weighted by Gasteiger charge is -2.07. The molecule has 0 saturated carbocycles. The van der Waals surface area contributed by atoms with Gasteiger partial charge < -0.3 is 8.98 Å². The van der Waals surface area contributed by atoms with Gasteiger partial charge in [-0.25, -0.2) is 9.37 Å². The van der Waals surface area contributed by atoms with Gasteiger partial charge in [-0.1, -0.05) is 0 Å². The zero-order chi connectivity index (χ0) is 18.6. The number of rotatable bonds is 1. The summed E-state index contributed by atoms with van der Waals surface area (Å²) in [7, 11) is 1.09. The number of alkyl halides is 3. The molecule has 3 aromatic heterocycles. The highest BCUT2D eigenvalue weighted by Gasteiger charge is 2.38. The molecule has 0 bridgehead atoms. The van der Waals surface area contributed by atoms with Crippen molar-refractivity contribution in [3.63, 3.8) is 0 Å². The van der Waals surface area contributed by atoms with Crippen LogP contribution in [0.25, 0.3) is 33.3 Å². The lowest BCUT2D eigenvalue weighted by atomic mass is 10.1. The van der Waals surface area contributed by atoms with E-state index in [-0.39, 0.29) is 22.2 Å². The van der Waals surface area contributed by atoms with Gasteiger partial charge in [0.1, 0.15) is 16.8 Å². The molecular formula is C17H9F4N3O2. The van der Waals surface area contributed by atoms with Crippen LogP contribution in [0.5, 0.6) is 0 Å². The average Bonchev–Trinajstić information content (AvgIpc) is 2.95. The molecule has 0 radical (unpaired) electrons. The monoisotopic (exact) mass is 363 g/mol. The van der Waals surface area contributed by atoms with Crippen LogP contribution in [0, 0.1) is 5.82 Å². The van der Waals surface area contributed by atoms with Crippen molar-refractivity contribution >= 4 is 22.0 Å². The predicted octanol–water partition coefficient (Wildman–Crippen LogP) is 3.90. The minimum atomic E-state index is -4.78. The molecule has 5 nitrogen and oxygen atoms in total. The second-order valence-electron chi connectivity index (χ2n) is 5.64. The molecule has 0 aliphatic heterocycles. The van der Waals surface area contributed by atoms with Gasteiger partial charge in [-0.3, -0.25) is 9.78 Å². The summed E-state index contributed by atoms with van der Waals surface area (Å²) >= 11 is 0. The van der Waals surface area contributed by atoms with Crippen molar-refractivity contribution in [1.82, 2.24) is 14.5 Å². The Morgan fingerprint density at radius 1 is 1.23 bits per heavy atom. The Balaban J connectivity index is 2.16. The molecule has 0 N–H and O–H groups in total. The molecule has 0 aliphatic carbocycles. The Kier molecular flexibility index (Phi) is 3.36. The van der Waals surface area contributed by atoms with Crippen LogP contribution in [0.4, 0.5) is 17.6 Å². The summed E-state index contributed by atoms with van der Waals surface area (Å²) in [5, 5.41) is -0.167. The average molecular weight is 363 g/mol. The minimum Gasteiger partial charge on any atom is -0.453 e. The molecule has 9 heteroatoms. The number of benzene rings is 1. The summed E-state index contributed by atoms with van der Waals surface area (Å²) in [5.41, 5.74) is -1.05. The Hall–Kier alpha value is -3.23. The van der Waals surface area contributed by atoms with Crippen LogP contribution in [0.1, 0.15) is 5.82 Å². The first-order valence-corrected chi connectivity index (χ1v) is 7.38. The molecule has 3 heterocycles. The van der Waals surface area contributed by atoms with E-state index in [0.717, 1.165) is 19.2 Å². The van der Waals surface area contributed by atoms with Crippen molar-refractivity contribution in [2.75, 3.05) is 0 Å². The minimum absolute atomic E-state index is 0.110. The Morgan fingerprint density at radius 3 is 2.65 bits per heavy atom. The van der Waals surface area contributed by atoms with Crippen molar-refractivity contribution in [3.8, 4) is 11.3 Å². The summed E-state index contributed by atoms with van der Waals surface area (Å²) in [6.07, 6.45) is -1.82. The maximum Gasteiger partial charge on any atom is 0.449 e. The zero-order valence-corrected chi connectivity index (χ0v) is 13.1. The second kappa shape index (κ2) is 5.38. The number of aryl methyl sites for hydroxylation is 1. The highest BCUT2D eigenvalue weighted by atomic mass is 19.4. The van der Waals surface area contributed by atoms with Gasteiger partial charge in [0.15, 0.2) is 16.8 Å². The fourth-order valence-electron chi connectivity index (χ4n) is 2.84. The third kappa shape index (κ3) is 2.35. The van der Waals surface area contributed by atoms with Gasteiger partial charge in [-0.15, -0.1) is 0 Å². The Morgan fingerprint density at radius 2 is 2.00 bits per heavy atom. The first-order chi connectivity index (χ1) is 12.3. The lowest BCUT2D eigenvalue weighted by Crippen LogP contribution is -2.12. The van der Waals surface area contributed by atoms with E-state index in [0.29, 0.717) is 10.1 Å². The molecule has 0 amide bonds. The number of halogens is 4. The summed E-state index contributed by atoms with van der Waals surface area (Å²) in [6, 6.07) is 5.23. The SMILES string of the molecule is Cn1c(C(F)(F)F)nc2c(F)cc3c(=O)cc(-c4cccnc4)oc3c21. The largest absolute Gasteiger partial charge is 0.453 e. The van der Waals surface area contributed by atoms with Crippen LogP contribution in [-0.4, -0.2) is 14.5 Å². The summed E-state index contributed by atoms with van der Waals surface area (Å²) < 4.78 is 60.0. The molecule has 0 aliphatic rings. The molecule has 0 atom stereocenters. The van der Waals surface area contributed by atoms with E-state index in [4.69, 9.17) is 4.42 Å². The molecule has 0 fully saturated rings. The van der Waals surface area contributed by atoms with E-state index in [2.05, 4.69) is 9.97 Å². The third-order valence-corrected chi connectivity index (χ3v) is 3.99. The summed E-state index contributed by atoms with van der Waals surface area (Å²) in [6.45, 7) is 0. The smallest absolute Gasteiger partial charge is 0.449 e. The van der Waals surface area contributed by atoms with Crippen molar-refractivity contribution < 1.29 is 22.0 Å². The highest BCUT2D eigenvalue weighted by molar-refractivity contribution is 6.01. The molecule has 0 unspecified atom stereocenters. The van der Waals surface area contributed by atoms with Gasteiger partial charge in [0, 0.05) is 31.1 Å². The molecule has 132 valence electrons. The van der Waals surface area contributed by atoms with Gasteiger partial charge >= 0.3 is 6.18 Å². The van der Waals surface area contributed by atoms with Gasteiger partial charge in [0.05, 0.1) is 5.39 Å². The number of pyridine rings is 1. The van der Waals surface area contributed by atoms with Crippen LogP contribution in [0.15, 0.2) is 45.9 Å². The molecule has 4 aromatic rings. The summed E-state index contributed by atoms with van der Waals surface area (Å²) in [4.78, 5) is 19.7. The maximum atomic E-state index is 14.3. The summed E-state index contributed by atoms with van der Waals surface area (Å²) in [5.74, 6) is -2.20. The molecule has 0 saturated heterocycles. The van der Waals surface area contributed by atoms with E-state index in [9.17, 15) is 22.4 Å². The van der Waals surface area contributed by atoms with E-state index in [1.165, 1.54) is 12.4 Å². The van der Waals surface area contributed by atoms with E-state index in [1.54, 1.807) is 12.1 Å². The van der Waals surface area contributed by atoms with Gasteiger partial charge in [0.2, 0.25) is 5.82 Å². The van der Waals surface area contributed by atoms with Crippen molar-refractivity contribution in [1.29, 1.82) is 0 Å². The fraction of sp³-hybridized carbons (Fsp3) is 0.118. The number of aromatic nitrogens is 3. The first-order valence-electron chi connectivity index (χ1n) is 7.38. The van der Waals surface area contributed by atoms with Crippen molar-refractivity contribution in [3.05, 3.63) is 58.5 Å². The lowest BCUT2D eigenvalue weighted by molar-refractivity contribution is -0.146. The third-order valence-electron chi connectivity index (χ3n) is 3.99. The van der Waals surface area contributed by atoms with Crippen LogP contribution in [0.2, 0.25) is 0 Å². The fourth-order valence-corrected chi connectivity index (χ4v) is 2.84. The van der Waals surface area contributed by atoms with Crippen LogP contribution < -0.4 is 5.43 Å². The van der Waals surface area contributed by atoms with Crippen LogP contribution in [-0.2, 0) is 13.2 Å². The molecule has 4 rings (SSSR count). The first kappa shape index (κ1) is 16.2. The number of hydrogen-bond acceptors (Lipinski definition) is 4. The molecule has 0 spiro atoms. The van der Waals surface area contributed by atoms with Crippen LogP contribution >= 0.6 is 0 Å². The number of nitrogens with zero attached hydrogens (tertiary/aromatic N) is 3. The van der Waals surface area contributed by atoms with Crippen molar-refractivity contribution in [2.24, 2.45) is 7.05 Å². The van der Waals surface area contributed by atoms with Gasteiger partial charge in [-0.05, 0) is 18.2 Å². The number of imidazole rings is 1. The van der Waals surface area contributed by atoms with Crippen molar-refractivity contribution in [2.45, 2.75) is 6.18 Å². The number of fused-ring (bicyclic) bond motifs is 3. The maximum absolute atomic E-state index is 14.3. The molecule has 1 aromatic carbocycles.